The van der Waals surface area contributed by atoms with Gasteiger partial charge in [-0.1, -0.05) is 11.6 Å². The van der Waals surface area contributed by atoms with Gasteiger partial charge in [-0.05, 0) is 37.5 Å². The second-order valence-corrected chi connectivity index (χ2v) is 6.88. The first-order valence-electron chi connectivity index (χ1n) is 9.02. The molecule has 1 N–H and O–H groups in total. The second kappa shape index (κ2) is 8.12. The molecule has 10 heteroatoms. The van der Waals surface area contributed by atoms with Crippen molar-refractivity contribution in [3.05, 3.63) is 47.2 Å². The number of fused-ring (bicyclic) bond motifs is 1. The summed E-state index contributed by atoms with van der Waals surface area (Å²) in [5, 5.41) is 2.11. The second-order valence-electron chi connectivity index (χ2n) is 6.50. The molecule has 0 atom stereocenters. The average molecular weight is 420 g/mol. The SMILES string of the molecule is O=C(Oc1ccc2ncnc(Nc3ccc(F)c(Cl)c3F)c2n1)N1CCCCC1. The fourth-order valence-electron chi connectivity index (χ4n) is 3.05. The number of carbonyl (C=O) groups excluding carboxylic acids is 1. The minimum absolute atomic E-state index is 0.0727. The number of pyridine rings is 1. The van der Waals surface area contributed by atoms with Crippen molar-refractivity contribution < 1.29 is 18.3 Å². The molecule has 4 rings (SSSR count). The Kier molecular flexibility index (Phi) is 5.39. The first-order chi connectivity index (χ1) is 14.0. The lowest BCUT2D eigenvalue weighted by Crippen LogP contribution is -2.37. The van der Waals surface area contributed by atoms with E-state index in [0.29, 0.717) is 18.6 Å². The van der Waals surface area contributed by atoms with E-state index in [1.165, 1.54) is 18.5 Å². The zero-order chi connectivity index (χ0) is 20.4. The molecule has 29 heavy (non-hydrogen) atoms. The van der Waals surface area contributed by atoms with Crippen LogP contribution in [-0.4, -0.2) is 39.0 Å². The van der Waals surface area contributed by atoms with E-state index in [1.54, 1.807) is 11.0 Å². The fourth-order valence-corrected chi connectivity index (χ4v) is 3.22. The maximum absolute atomic E-state index is 14.2. The molecule has 0 bridgehead atoms. The molecule has 7 nitrogen and oxygen atoms in total. The number of amides is 1. The Morgan fingerprint density at radius 3 is 2.69 bits per heavy atom. The molecular weight excluding hydrogens is 404 g/mol. The molecule has 3 aromatic rings. The Morgan fingerprint density at radius 1 is 1.10 bits per heavy atom. The molecule has 0 saturated carbocycles. The summed E-state index contributed by atoms with van der Waals surface area (Å²) < 4.78 is 33.0. The van der Waals surface area contributed by atoms with Gasteiger partial charge in [-0.25, -0.2) is 28.5 Å². The van der Waals surface area contributed by atoms with E-state index in [9.17, 15) is 13.6 Å². The molecule has 1 aromatic carbocycles. The zero-order valence-corrected chi connectivity index (χ0v) is 15.9. The quantitative estimate of drug-likeness (QED) is 0.620. The normalized spacial score (nSPS) is 14.1. The van der Waals surface area contributed by atoms with Crippen LogP contribution >= 0.6 is 11.6 Å². The van der Waals surface area contributed by atoms with Crippen molar-refractivity contribution in [2.75, 3.05) is 18.4 Å². The van der Waals surface area contributed by atoms with E-state index >= 15 is 0 Å². The molecule has 150 valence electrons. The lowest BCUT2D eigenvalue weighted by Gasteiger charge is -2.25. The van der Waals surface area contributed by atoms with E-state index in [1.807, 2.05) is 0 Å². The predicted molar refractivity (Wildman–Crippen MR) is 103 cm³/mol. The summed E-state index contributed by atoms with van der Waals surface area (Å²) in [4.78, 5) is 26.4. The Labute approximate surface area is 169 Å². The van der Waals surface area contributed by atoms with E-state index in [2.05, 4.69) is 20.3 Å². The van der Waals surface area contributed by atoms with Crippen LogP contribution in [0.5, 0.6) is 5.88 Å². The van der Waals surface area contributed by atoms with Crippen LogP contribution in [0, 0.1) is 11.6 Å². The van der Waals surface area contributed by atoms with Gasteiger partial charge < -0.3 is 15.0 Å². The summed E-state index contributed by atoms with van der Waals surface area (Å²) in [7, 11) is 0. The summed E-state index contributed by atoms with van der Waals surface area (Å²) in [6.07, 6.45) is 3.77. The number of anilines is 2. The van der Waals surface area contributed by atoms with Crippen molar-refractivity contribution in [2.24, 2.45) is 0 Å². The van der Waals surface area contributed by atoms with Gasteiger partial charge in [-0.15, -0.1) is 0 Å². The van der Waals surface area contributed by atoms with Gasteiger partial charge in [0.1, 0.15) is 22.7 Å². The minimum atomic E-state index is -0.953. The highest BCUT2D eigenvalue weighted by molar-refractivity contribution is 6.31. The molecule has 0 radical (unpaired) electrons. The van der Waals surface area contributed by atoms with Crippen molar-refractivity contribution in [1.82, 2.24) is 19.9 Å². The Bertz CT molecular complexity index is 1080. The summed E-state index contributed by atoms with van der Waals surface area (Å²) >= 11 is 5.62. The third kappa shape index (κ3) is 4.04. The van der Waals surface area contributed by atoms with Gasteiger partial charge >= 0.3 is 6.09 Å². The van der Waals surface area contributed by atoms with E-state index < -0.39 is 22.8 Å². The number of nitrogens with one attached hydrogen (secondary N) is 1. The molecule has 3 heterocycles. The molecule has 1 aliphatic rings. The monoisotopic (exact) mass is 419 g/mol. The van der Waals surface area contributed by atoms with Crippen LogP contribution in [0.2, 0.25) is 5.02 Å². The summed E-state index contributed by atoms with van der Waals surface area (Å²) in [6, 6.07) is 5.37. The molecule has 1 saturated heterocycles. The van der Waals surface area contributed by atoms with Crippen molar-refractivity contribution in [2.45, 2.75) is 19.3 Å². The third-order valence-electron chi connectivity index (χ3n) is 4.55. The number of halogens is 3. The number of piperidine rings is 1. The number of likely N-dealkylation sites (tertiary alicyclic amines) is 1. The number of ether oxygens (including phenoxy) is 1. The van der Waals surface area contributed by atoms with Crippen molar-refractivity contribution in [3.8, 4) is 5.88 Å². The topological polar surface area (TPSA) is 80.2 Å². The van der Waals surface area contributed by atoms with E-state index in [-0.39, 0.29) is 22.9 Å². The van der Waals surface area contributed by atoms with Gasteiger partial charge in [0.25, 0.3) is 0 Å². The summed E-state index contributed by atoms with van der Waals surface area (Å²) in [6.45, 7) is 1.29. The van der Waals surface area contributed by atoms with Gasteiger partial charge in [0.05, 0.1) is 11.2 Å². The zero-order valence-electron chi connectivity index (χ0n) is 15.2. The average Bonchev–Trinajstić information content (AvgIpc) is 2.75. The molecule has 1 aliphatic heterocycles. The maximum atomic E-state index is 14.2. The first kappa shape index (κ1) is 19.3. The van der Waals surface area contributed by atoms with Crippen LogP contribution in [0.1, 0.15) is 19.3 Å². The summed E-state index contributed by atoms with van der Waals surface area (Å²) in [5.41, 5.74) is 0.638. The highest BCUT2D eigenvalue weighted by Crippen LogP contribution is 2.29. The van der Waals surface area contributed by atoms with Crippen LogP contribution in [0.25, 0.3) is 11.0 Å². The fraction of sp³-hybridized carbons (Fsp3) is 0.263. The molecule has 0 aliphatic carbocycles. The molecular formula is C19H16ClF2N5O2. The predicted octanol–water partition coefficient (Wildman–Crippen LogP) is 4.68. The number of hydrogen-bond donors (Lipinski definition) is 1. The van der Waals surface area contributed by atoms with Crippen LogP contribution in [-0.2, 0) is 0 Å². The number of carbonyl (C=O) groups is 1. The molecule has 1 fully saturated rings. The number of aromatic nitrogens is 3. The summed E-state index contributed by atoms with van der Waals surface area (Å²) in [5.74, 6) is -1.59. The molecule has 0 unspecified atom stereocenters. The van der Waals surface area contributed by atoms with Crippen LogP contribution in [0.4, 0.5) is 25.1 Å². The third-order valence-corrected chi connectivity index (χ3v) is 4.90. The van der Waals surface area contributed by atoms with Crippen LogP contribution in [0.3, 0.4) is 0 Å². The number of rotatable bonds is 3. The number of nitrogens with zero attached hydrogens (tertiary/aromatic N) is 4. The van der Waals surface area contributed by atoms with Crippen LogP contribution < -0.4 is 10.1 Å². The Morgan fingerprint density at radius 2 is 1.90 bits per heavy atom. The van der Waals surface area contributed by atoms with Crippen molar-refractivity contribution in [1.29, 1.82) is 0 Å². The molecule has 0 spiro atoms. The van der Waals surface area contributed by atoms with E-state index in [4.69, 9.17) is 16.3 Å². The molecule has 1 amide bonds. The standard InChI is InChI=1S/C19H16ClF2N5O2/c20-15-11(21)4-5-12(16(15)22)25-18-17-13(23-10-24-18)6-7-14(26-17)29-19(28)27-8-2-1-3-9-27/h4-7,10H,1-3,8-9H2,(H,23,24,25). The van der Waals surface area contributed by atoms with Gasteiger partial charge in [-0.2, -0.15) is 0 Å². The lowest BCUT2D eigenvalue weighted by molar-refractivity contribution is 0.141. The van der Waals surface area contributed by atoms with E-state index in [0.717, 1.165) is 25.3 Å². The van der Waals surface area contributed by atoms with Gasteiger partial charge in [0, 0.05) is 19.2 Å². The molecule has 2 aromatic heterocycles. The maximum Gasteiger partial charge on any atom is 0.416 e. The van der Waals surface area contributed by atoms with Crippen molar-refractivity contribution in [3.63, 3.8) is 0 Å². The lowest BCUT2D eigenvalue weighted by atomic mass is 10.1. The Balaban J connectivity index is 1.62. The minimum Gasteiger partial charge on any atom is -0.391 e. The van der Waals surface area contributed by atoms with Crippen molar-refractivity contribution >= 4 is 40.2 Å². The first-order valence-corrected chi connectivity index (χ1v) is 9.40. The largest absolute Gasteiger partial charge is 0.416 e. The van der Waals surface area contributed by atoms with Gasteiger partial charge in [0.15, 0.2) is 11.6 Å². The highest BCUT2D eigenvalue weighted by atomic mass is 35.5. The number of benzene rings is 1. The highest BCUT2D eigenvalue weighted by Gasteiger charge is 2.20. The van der Waals surface area contributed by atoms with Crippen LogP contribution in [0.15, 0.2) is 30.6 Å². The smallest absolute Gasteiger partial charge is 0.391 e. The van der Waals surface area contributed by atoms with Gasteiger partial charge in [0.2, 0.25) is 5.88 Å². The Hall–Kier alpha value is -3.07. The number of hydrogen-bond acceptors (Lipinski definition) is 6. The van der Waals surface area contributed by atoms with Gasteiger partial charge in [-0.3, -0.25) is 0 Å².